The van der Waals surface area contributed by atoms with E-state index in [1.54, 1.807) is 12.1 Å². The van der Waals surface area contributed by atoms with E-state index in [4.69, 9.17) is 0 Å². The lowest BCUT2D eigenvalue weighted by Crippen LogP contribution is -2.06. The van der Waals surface area contributed by atoms with E-state index in [1.165, 1.54) is 12.1 Å². The summed E-state index contributed by atoms with van der Waals surface area (Å²) in [5.74, 6) is -0.713. The summed E-state index contributed by atoms with van der Waals surface area (Å²) in [5, 5.41) is 0. The molecule has 16 heavy (non-hydrogen) atoms. The number of allylic oxidation sites excluding steroid dienone is 1. The fraction of sp³-hybridized carbons (Fsp3) is 0.100. The van der Waals surface area contributed by atoms with Crippen molar-refractivity contribution in [2.75, 3.05) is 0 Å². The van der Waals surface area contributed by atoms with Gasteiger partial charge in [0.2, 0.25) is 0 Å². The third kappa shape index (κ3) is 4.02. The highest BCUT2D eigenvalue weighted by Crippen LogP contribution is 2.36. The normalized spacial score (nSPS) is 11.2. The van der Waals surface area contributed by atoms with Crippen molar-refractivity contribution >= 4 is 33.5 Å². The van der Waals surface area contributed by atoms with E-state index >= 15 is 0 Å². The quantitative estimate of drug-likeness (QED) is 0.608. The Balaban J connectivity index is 2.79. The fourth-order valence-corrected chi connectivity index (χ4v) is 1.70. The second-order valence-electron chi connectivity index (χ2n) is 2.81. The van der Waals surface area contributed by atoms with Crippen molar-refractivity contribution in [3.8, 4) is 0 Å². The molecule has 86 valence electrons. The first-order valence-corrected chi connectivity index (χ1v) is 5.65. The summed E-state index contributed by atoms with van der Waals surface area (Å²) in [5.41, 5.74) is -4.30. The molecule has 0 saturated heterocycles. The number of alkyl halides is 3. The van der Waals surface area contributed by atoms with E-state index in [9.17, 15) is 18.0 Å². The number of halogens is 4. The Hall–Kier alpha value is -0.750. The van der Waals surface area contributed by atoms with E-state index in [2.05, 4.69) is 22.5 Å². The second-order valence-corrected chi connectivity index (χ2v) is 4.88. The van der Waals surface area contributed by atoms with E-state index in [-0.39, 0.29) is 5.56 Å². The van der Waals surface area contributed by atoms with Crippen LogP contribution in [0.5, 0.6) is 0 Å². The second kappa shape index (κ2) is 5.05. The molecule has 1 rings (SSSR count). The van der Waals surface area contributed by atoms with Crippen molar-refractivity contribution in [1.29, 1.82) is 0 Å². The van der Waals surface area contributed by atoms with Gasteiger partial charge in [0, 0.05) is 10.0 Å². The summed E-state index contributed by atoms with van der Waals surface area (Å²) in [6.45, 7) is 3.12. The lowest BCUT2D eigenvalue weighted by molar-refractivity contribution is -0.0322. The number of hydrogen-bond donors (Lipinski definition) is 0. The Morgan fingerprint density at radius 1 is 1.25 bits per heavy atom. The lowest BCUT2D eigenvalue weighted by atomic mass is 10.1. The van der Waals surface area contributed by atoms with Crippen molar-refractivity contribution in [3.05, 3.63) is 45.8 Å². The van der Waals surface area contributed by atoms with Crippen molar-refractivity contribution < 1.29 is 18.0 Å². The summed E-state index contributed by atoms with van der Waals surface area (Å²) in [4.78, 5) is 11.0. The number of thioether (sulfide) groups is 1. The summed E-state index contributed by atoms with van der Waals surface area (Å²) < 4.78 is 36.7. The summed E-state index contributed by atoms with van der Waals surface area (Å²) >= 11 is 2.67. The van der Waals surface area contributed by atoms with Gasteiger partial charge in [0.15, 0.2) is 5.78 Å². The van der Waals surface area contributed by atoms with Crippen molar-refractivity contribution in [2.24, 2.45) is 0 Å². The molecule has 1 nitrogen and oxygen atoms in total. The zero-order valence-electron chi connectivity index (χ0n) is 7.84. The number of benzene rings is 1. The van der Waals surface area contributed by atoms with Crippen LogP contribution in [0.2, 0.25) is 0 Å². The summed E-state index contributed by atoms with van der Waals surface area (Å²) in [7, 11) is 0. The average molecular weight is 311 g/mol. The fourth-order valence-electron chi connectivity index (χ4n) is 0.948. The van der Waals surface area contributed by atoms with E-state index in [0.717, 1.165) is 4.47 Å². The average Bonchev–Trinajstić information content (AvgIpc) is 2.15. The van der Waals surface area contributed by atoms with E-state index in [0.29, 0.717) is 0 Å². The van der Waals surface area contributed by atoms with E-state index < -0.39 is 28.0 Å². The highest BCUT2D eigenvalue weighted by molar-refractivity contribution is 9.10. The predicted octanol–water partition coefficient (Wildman–Crippen LogP) is 4.40. The third-order valence-corrected chi connectivity index (χ3v) is 2.79. The summed E-state index contributed by atoms with van der Waals surface area (Å²) in [6.07, 6.45) is 0. The molecule has 0 fully saturated rings. The third-order valence-electron chi connectivity index (χ3n) is 1.60. The van der Waals surface area contributed by atoms with Crippen LogP contribution in [0.1, 0.15) is 10.4 Å². The van der Waals surface area contributed by atoms with Gasteiger partial charge >= 0.3 is 5.51 Å². The molecular weight excluding hydrogens is 305 g/mol. The maximum Gasteiger partial charge on any atom is 0.446 e. The SMILES string of the molecule is C=C(SC(F)(F)F)C(=O)c1ccc(Br)cc1. The molecule has 6 heteroatoms. The maximum atomic E-state index is 12.0. The Kier molecular flexibility index (Phi) is 4.21. The van der Waals surface area contributed by atoms with Gasteiger partial charge in [-0.2, -0.15) is 13.2 Å². The van der Waals surface area contributed by atoms with Crippen LogP contribution in [0.4, 0.5) is 13.2 Å². The van der Waals surface area contributed by atoms with Crippen LogP contribution >= 0.6 is 27.7 Å². The number of hydrogen-bond acceptors (Lipinski definition) is 2. The van der Waals surface area contributed by atoms with Crippen molar-refractivity contribution in [3.63, 3.8) is 0 Å². The molecule has 0 bridgehead atoms. The molecular formula is C10H6BrF3OS. The predicted molar refractivity (Wildman–Crippen MR) is 61.3 cm³/mol. The van der Waals surface area contributed by atoms with Crippen LogP contribution < -0.4 is 0 Å². The Morgan fingerprint density at radius 3 is 2.19 bits per heavy atom. The van der Waals surface area contributed by atoms with Crippen LogP contribution in [-0.4, -0.2) is 11.3 Å². The first-order valence-electron chi connectivity index (χ1n) is 4.04. The zero-order chi connectivity index (χ0) is 12.3. The van der Waals surface area contributed by atoms with Crippen LogP contribution in [0.15, 0.2) is 40.2 Å². The van der Waals surface area contributed by atoms with Gasteiger partial charge in [0.25, 0.3) is 0 Å². The highest BCUT2D eigenvalue weighted by atomic mass is 79.9. The molecule has 0 heterocycles. The topological polar surface area (TPSA) is 17.1 Å². The van der Waals surface area contributed by atoms with Gasteiger partial charge in [-0.05, 0) is 36.0 Å². The number of carbonyl (C=O) groups excluding carboxylic acids is 1. The van der Waals surface area contributed by atoms with Gasteiger partial charge in [-0.3, -0.25) is 4.79 Å². The Morgan fingerprint density at radius 2 is 1.75 bits per heavy atom. The van der Waals surface area contributed by atoms with Gasteiger partial charge in [-0.1, -0.05) is 22.5 Å². The van der Waals surface area contributed by atoms with Gasteiger partial charge in [0.1, 0.15) is 0 Å². The molecule has 0 saturated carbocycles. The smallest absolute Gasteiger partial charge is 0.288 e. The molecule has 0 unspecified atom stereocenters. The minimum Gasteiger partial charge on any atom is -0.288 e. The molecule has 0 aliphatic rings. The Labute approximate surface area is 103 Å². The number of rotatable bonds is 3. The van der Waals surface area contributed by atoms with Crippen molar-refractivity contribution in [2.45, 2.75) is 5.51 Å². The van der Waals surface area contributed by atoms with Gasteiger partial charge in [-0.15, -0.1) is 0 Å². The number of carbonyl (C=O) groups is 1. The zero-order valence-corrected chi connectivity index (χ0v) is 10.2. The monoisotopic (exact) mass is 310 g/mol. The highest BCUT2D eigenvalue weighted by Gasteiger charge is 2.32. The lowest BCUT2D eigenvalue weighted by Gasteiger charge is -2.07. The van der Waals surface area contributed by atoms with E-state index in [1.807, 2.05) is 0 Å². The minimum absolute atomic E-state index is 0.185. The van der Waals surface area contributed by atoms with Gasteiger partial charge in [-0.25, -0.2) is 0 Å². The largest absolute Gasteiger partial charge is 0.446 e. The summed E-state index contributed by atoms with van der Waals surface area (Å²) in [6, 6.07) is 6.04. The first kappa shape index (κ1) is 13.3. The first-order chi connectivity index (χ1) is 7.29. The molecule has 1 aromatic rings. The molecule has 0 aromatic heterocycles. The molecule has 0 aliphatic carbocycles. The van der Waals surface area contributed by atoms with Crippen LogP contribution in [0.3, 0.4) is 0 Å². The number of Topliss-reactive ketones (excluding diaryl/α,β-unsaturated/α-hetero) is 1. The molecule has 0 atom stereocenters. The van der Waals surface area contributed by atoms with Gasteiger partial charge < -0.3 is 0 Å². The number of ketones is 1. The molecule has 0 N–H and O–H groups in total. The maximum absolute atomic E-state index is 12.0. The van der Waals surface area contributed by atoms with Crippen LogP contribution in [0.25, 0.3) is 0 Å². The Bertz CT molecular complexity index is 411. The minimum atomic E-state index is -4.48. The standard InChI is InChI=1S/C10H6BrF3OS/c1-6(16-10(12,13)14)9(15)7-2-4-8(11)5-3-7/h2-5H,1H2. The molecule has 0 spiro atoms. The molecule has 0 amide bonds. The van der Waals surface area contributed by atoms with Crippen LogP contribution in [-0.2, 0) is 0 Å². The molecule has 1 aromatic carbocycles. The van der Waals surface area contributed by atoms with Gasteiger partial charge in [0.05, 0.1) is 4.91 Å². The van der Waals surface area contributed by atoms with Crippen LogP contribution in [0, 0.1) is 0 Å². The molecule has 0 aliphatic heterocycles. The van der Waals surface area contributed by atoms with Crippen molar-refractivity contribution in [1.82, 2.24) is 0 Å². The molecule has 0 radical (unpaired) electrons.